The normalized spacial score (nSPS) is 10.5. The van der Waals surface area contributed by atoms with Crippen molar-refractivity contribution in [2.45, 2.75) is 6.61 Å². The number of pyridine rings is 1. The summed E-state index contributed by atoms with van der Waals surface area (Å²) in [6.45, 7) is 0.199. The molecule has 0 radical (unpaired) electrons. The molecule has 0 spiro atoms. The van der Waals surface area contributed by atoms with Crippen LogP contribution in [0.15, 0.2) is 85.1 Å². The molecular formula is C28H23ClN2O5. The summed E-state index contributed by atoms with van der Waals surface area (Å²) in [6, 6.07) is 22.3. The smallest absolute Gasteiger partial charge is 0.335 e. The van der Waals surface area contributed by atoms with Gasteiger partial charge in [-0.05, 0) is 72.3 Å². The fourth-order valence-corrected chi connectivity index (χ4v) is 3.63. The molecule has 0 unspecified atom stereocenters. The number of carbonyl (C=O) groups is 2. The van der Waals surface area contributed by atoms with Crippen LogP contribution in [0.25, 0.3) is 0 Å². The minimum atomic E-state index is -1.16. The van der Waals surface area contributed by atoms with Gasteiger partial charge in [0.1, 0.15) is 23.8 Å². The standard InChI is InChI=1S/C28H23ClN2O5/c1-31(22-7-5-21(29)6-8-22)23-9-12-26(30-16-23)27(32)19-13-20(28(33)34)15-25(14-19)36-17-18-3-10-24(35-2)11-4-18/h3-16H,17H2,1-2H3,(H,33,34). The summed E-state index contributed by atoms with van der Waals surface area (Å²) in [6.07, 6.45) is 1.59. The van der Waals surface area contributed by atoms with E-state index in [2.05, 4.69) is 4.98 Å². The number of anilines is 2. The van der Waals surface area contributed by atoms with Crippen LogP contribution >= 0.6 is 11.6 Å². The number of halogens is 1. The first-order valence-corrected chi connectivity index (χ1v) is 11.4. The van der Waals surface area contributed by atoms with Gasteiger partial charge in [0, 0.05) is 23.3 Å². The lowest BCUT2D eigenvalue weighted by molar-refractivity contribution is 0.0696. The Bertz CT molecular complexity index is 1370. The molecule has 36 heavy (non-hydrogen) atoms. The Hall–Kier alpha value is -4.36. The van der Waals surface area contributed by atoms with E-state index in [1.54, 1.807) is 49.7 Å². The first-order chi connectivity index (χ1) is 17.3. The van der Waals surface area contributed by atoms with Crippen molar-refractivity contribution < 1.29 is 24.2 Å². The van der Waals surface area contributed by atoms with Crippen LogP contribution in [0.2, 0.25) is 5.02 Å². The minimum absolute atomic E-state index is 0.0512. The van der Waals surface area contributed by atoms with Crippen molar-refractivity contribution >= 4 is 34.7 Å². The topological polar surface area (TPSA) is 89.0 Å². The molecule has 0 saturated carbocycles. The molecule has 182 valence electrons. The van der Waals surface area contributed by atoms with E-state index in [0.29, 0.717) is 5.02 Å². The summed E-state index contributed by atoms with van der Waals surface area (Å²) >= 11 is 5.96. The molecule has 7 nitrogen and oxygen atoms in total. The second kappa shape index (κ2) is 10.9. The van der Waals surface area contributed by atoms with Gasteiger partial charge in [-0.25, -0.2) is 4.79 Å². The van der Waals surface area contributed by atoms with Gasteiger partial charge in [0.25, 0.3) is 0 Å². The van der Waals surface area contributed by atoms with Crippen molar-refractivity contribution in [2.24, 2.45) is 0 Å². The number of hydrogen-bond donors (Lipinski definition) is 1. The summed E-state index contributed by atoms with van der Waals surface area (Å²) in [5, 5.41) is 10.2. The monoisotopic (exact) mass is 502 g/mol. The van der Waals surface area contributed by atoms with Crippen molar-refractivity contribution in [3.05, 3.63) is 112 Å². The van der Waals surface area contributed by atoms with Crippen LogP contribution < -0.4 is 14.4 Å². The van der Waals surface area contributed by atoms with Crippen LogP contribution in [0.1, 0.15) is 32.0 Å². The van der Waals surface area contributed by atoms with Gasteiger partial charge in [0.15, 0.2) is 0 Å². The molecule has 4 rings (SSSR count). The Morgan fingerprint density at radius 2 is 1.56 bits per heavy atom. The number of aromatic nitrogens is 1. The zero-order valence-electron chi connectivity index (χ0n) is 19.6. The molecule has 0 atom stereocenters. The number of methoxy groups -OCH3 is 1. The number of nitrogens with zero attached hydrogens (tertiary/aromatic N) is 2. The Labute approximate surface area is 213 Å². The molecule has 1 aromatic heterocycles. The summed E-state index contributed by atoms with van der Waals surface area (Å²) in [7, 11) is 3.46. The largest absolute Gasteiger partial charge is 0.497 e. The first kappa shape index (κ1) is 24.8. The van der Waals surface area contributed by atoms with Crippen LogP contribution in [0, 0.1) is 0 Å². The van der Waals surface area contributed by atoms with Crippen LogP contribution in [0.3, 0.4) is 0 Å². The molecule has 0 aliphatic heterocycles. The number of benzene rings is 3. The molecule has 4 aromatic rings. The van der Waals surface area contributed by atoms with Gasteiger partial charge in [-0.1, -0.05) is 23.7 Å². The highest BCUT2D eigenvalue weighted by molar-refractivity contribution is 6.30. The van der Waals surface area contributed by atoms with Crippen molar-refractivity contribution in [3.63, 3.8) is 0 Å². The lowest BCUT2D eigenvalue weighted by Crippen LogP contribution is -2.11. The van der Waals surface area contributed by atoms with Crippen molar-refractivity contribution in [2.75, 3.05) is 19.1 Å². The molecule has 8 heteroatoms. The van der Waals surface area contributed by atoms with Gasteiger partial charge in [0.05, 0.1) is 24.6 Å². The number of hydrogen-bond acceptors (Lipinski definition) is 6. The summed E-state index contributed by atoms with van der Waals surface area (Å²) < 4.78 is 10.9. The highest BCUT2D eigenvalue weighted by atomic mass is 35.5. The molecule has 0 bridgehead atoms. The molecule has 0 aliphatic rings. The molecule has 3 aromatic carbocycles. The van der Waals surface area contributed by atoms with E-state index in [-0.39, 0.29) is 29.2 Å². The molecule has 1 heterocycles. The van der Waals surface area contributed by atoms with Gasteiger partial charge in [-0.2, -0.15) is 0 Å². The van der Waals surface area contributed by atoms with Gasteiger partial charge < -0.3 is 19.5 Å². The van der Waals surface area contributed by atoms with Crippen LogP contribution in [0.5, 0.6) is 11.5 Å². The van der Waals surface area contributed by atoms with Crippen LogP contribution in [0.4, 0.5) is 11.4 Å². The second-order valence-electron chi connectivity index (χ2n) is 7.95. The zero-order valence-corrected chi connectivity index (χ0v) is 20.4. The number of carboxylic acid groups (broad SMARTS) is 1. The lowest BCUT2D eigenvalue weighted by Gasteiger charge is -2.19. The van der Waals surface area contributed by atoms with E-state index in [4.69, 9.17) is 21.1 Å². The number of rotatable bonds is 9. The first-order valence-electron chi connectivity index (χ1n) is 11.0. The van der Waals surface area contributed by atoms with E-state index in [0.717, 1.165) is 22.7 Å². The maximum Gasteiger partial charge on any atom is 0.335 e. The fourth-order valence-electron chi connectivity index (χ4n) is 3.51. The zero-order chi connectivity index (χ0) is 25.7. The van der Waals surface area contributed by atoms with Gasteiger partial charge in [0.2, 0.25) is 5.78 Å². The van der Waals surface area contributed by atoms with Crippen molar-refractivity contribution in [1.82, 2.24) is 4.98 Å². The highest BCUT2D eigenvalue weighted by Crippen LogP contribution is 2.26. The van der Waals surface area contributed by atoms with Crippen molar-refractivity contribution in [3.8, 4) is 11.5 Å². The number of carbonyl (C=O) groups excluding carboxylic acids is 1. The Morgan fingerprint density at radius 1 is 0.889 bits per heavy atom. The van der Waals surface area contributed by atoms with Gasteiger partial charge >= 0.3 is 5.97 Å². The van der Waals surface area contributed by atoms with Gasteiger partial charge in [-0.15, -0.1) is 0 Å². The summed E-state index contributed by atoms with van der Waals surface area (Å²) in [4.78, 5) is 31.1. The second-order valence-corrected chi connectivity index (χ2v) is 8.39. The lowest BCUT2D eigenvalue weighted by atomic mass is 10.0. The molecule has 0 saturated heterocycles. The summed E-state index contributed by atoms with van der Waals surface area (Å²) in [5.74, 6) is -0.578. The minimum Gasteiger partial charge on any atom is -0.497 e. The van der Waals surface area contributed by atoms with Gasteiger partial charge in [-0.3, -0.25) is 9.78 Å². The third kappa shape index (κ3) is 5.82. The molecule has 0 amide bonds. The maximum absolute atomic E-state index is 13.2. The van der Waals surface area contributed by atoms with E-state index in [1.807, 2.05) is 36.2 Å². The average molecular weight is 503 g/mol. The number of aromatic carboxylic acids is 1. The quantitative estimate of drug-likeness (QED) is 0.280. The van der Waals surface area contributed by atoms with Crippen LogP contribution in [-0.4, -0.2) is 36.0 Å². The van der Waals surface area contributed by atoms with E-state index >= 15 is 0 Å². The SMILES string of the molecule is COc1ccc(COc2cc(C(=O)O)cc(C(=O)c3ccc(N(C)c4ccc(Cl)cc4)cn3)c2)cc1. The maximum atomic E-state index is 13.2. The molecule has 0 fully saturated rings. The third-order valence-corrected chi connectivity index (χ3v) is 5.81. The van der Waals surface area contributed by atoms with E-state index < -0.39 is 11.8 Å². The fraction of sp³-hybridized carbons (Fsp3) is 0.107. The summed E-state index contributed by atoms with van der Waals surface area (Å²) in [5.41, 5.74) is 2.86. The Balaban J connectivity index is 1.53. The molecule has 0 aliphatic carbocycles. The van der Waals surface area contributed by atoms with E-state index in [1.165, 1.54) is 18.2 Å². The average Bonchev–Trinajstić information content (AvgIpc) is 2.91. The molecule has 1 N–H and O–H groups in total. The third-order valence-electron chi connectivity index (χ3n) is 5.56. The van der Waals surface area contributed by atoms with E-state index in [9.17, 15) is 14.7 Å². The predicted molar refractivity (Wildman–Crippen MR) is 138 cm³/mol. The Morgan fingerprint density at radius 3 is 2.17 bits per heavy atom. The molecular weight excluding hydrogens is 480 g/mol. The number of ketones is 1. The number of ether oxygens (including phenoxy) is 2. The Kier molecular flexibility index (Phi) is 7.51. The highest BCUT2D eigenvalue weighted by Gasteiger charge is 2.17. The van der Waals surface area contributed by atoms with Crippen molar-refractivity contribution in [1.29, 1.82) is 0 Å². The predicted octanol–water partition coefficient (Wildman–Crippen LogP) is 6.02. The van der Waals surface area contributed by atoms with Crippen LogP contribution in [-0.2, 0) is 6.61 Å². The number of carboxylic acids is 1.